The van der Waals surface area contributed by atoms with Gasteiger partial charge in [0.05, 0.1) is 5.52 Å². The van der Waals surface area contributed by atoms with E-state index >= 15 is 0 Å². The van der Waals surface area contributed by atoms with Crippen LogP contribution in [-0.4, -0.2) is 16.3 Å². The van der Waals surface area contributed by atoms with Crippen molar-refractivity contribution in [1.82, 2.24) is 4.57 Å². The molecule has 0 aliphatic carbocycles. The van der Waals surface area contributed by atoms with Crippen molar-refractivity contribution in [1.29, 1.82) is 5.26 Å². The lowest BCUT2D eigenvalue weighted by Crippen LogP contribution is -2.27. The number of carbonyl (C=O) groups excluding carboxylic acids is 1. The summed E-state index contributed by atoms with van der Waals surface area (Å²) in [6, 6.07) is 18.9. The van der Waals surface area contributed by atoms with Crippen molar-refractivity contribution in [2.45, 2.75) is 33.0 Å². The van der Waals surface area contributed by atoms with Crippen LogP contribution in [0.4, 0.5) is 4.79 Å². The zero-order valence-corrected chi connectivity index (χ0v) is 15.0. The summed E-state index contributed by atoms with van der Waals surface area (Å²) in [6.07, 6.45) is -0.579. The molecule has 0 radical (unpaired) electrons. The predicted octanol–water partition coefficient (Wildman–Crippen LogP) is 4.88. The van der Waals surface area contributed by atoms with Gasteiger partial charge in [0.2, 0.25) is 0 Å². The molecule has 3 rings (SSSR count). The number of benzene rings is 2. The van der Waals surface area contributed by atoms with Crippen LogP contribution < -0.4 is 4.74 Å². The molecular formula is C21H20N2O3. The summed E-state index contributed by atoms with van der Waals surface area (Å²) >= 11 is 0. The summed E-state index contributed by atoms with van der Waals surface area (Å²) in [5.41, 5.74) is 1.19. The van der Waals surface area contributed by atoms with Gasteiger partial charge in [-0.3, -0.25) is 0 Å². The number of rotatable bonds is 3. The Labute approximate surface area is 152 Å². The molecule has 0 N–H and O–H groups in total. The average molecular weight is 348 g/mol. The molecule has 0 atom stereocenters. The topological polar surface area (TPSA) is 64.2 Å². The van der Waals surface area contributed by atoms with Crippen molar-refractivity contribution in [2.24, 2.45) is 0 Å². The largest absolute Gasteiger partial charge is 0.488 e. The molecule has 5 nitrogen and oxygen atoms in total. The van der Waals surface area contributed by atoms with Crippen LogP contribution in [0, 0.1) is 11.3 Å². The van der Waals surface area contributed by atoms with Gasteiger partial charge in [0, 0.05) is 5.39 Å². The van der Waals surface area contributed by atoms with E-state index in [1.807, 2.05) is 36.4 Å². The molecule has 5 heteroatoms. The Kier molecular flexibility index (Phi) is 4.68. The van der Waals surface area contributed by atoms with E-state index in [9.17, 15) is 10.1 Å². The van der Waals surface area contributed by atoms with E-state index in [4.69, 9.17) is 9.47 Å². The Bertz CT molecular complexity index is 976. The zero-order chi connectivity index (χ0) is 18.7. The maximum atomic E-state index is 12.6. The minimum absolute atomic E-state index is 0.213. The monoisotopic (exact) mass is 348 g/mol. The first-order chi connectivity index (χ1) is 12.4. The summed E-state index contributed by atoms with van der Waals surface area (Å²) in [7, 11) is 0. The van der Waals surface area contributed by atoms with Crippen molar-refractivity contribution >= 4 is 17.0 Å². The molecule has 0 aliphatic rings. The number of carbonyl (C=O) groups is 1. The van der Waals surface area contributed by atoms with Crippen LogP contribution in [0.2, 0.25) is 0 Å². The molecule has 1 heterocycles. The Morgan fingerprint density at radius 2 is 1.85 bits per heavy atom. The van der Waals surface area contributed by atoms with Crippen LogP contribution in [-0.2, 0) is 11.3 Å². The highest BCUT2D eigenvalue weighted by Crippen LogP contribution is 2.30. The first-order valence-corrected chi connectivity index (χ1v) is 8.34. The number of ether oxygens (including phenoxy) is 2. The highest BCUT2D eigenvalue weighted by molar-refractivity contribution is 5.95. The summed E-state index contributed by atoms with van der Waals surface area (Å²) in [4.78, 5) is 12.6. The van der Waals surface area contributed by atoms with Crippen LogP contribution in [0.3, 0.4) is 0 Å². The van der Waals surface area contributed by atoms with Crippen LogP contribution >= 0.6 is 0 Å². The highest BCUT2D eigenvalue weighted by Gasteiger charge is 2.23. The third kappa shape index (κ3) is 3.70. The minimum atomic E-state index is -0.651. The fourth-order valence-electron chi connectivity index (χ4n) is 2.65. The van der Waals surface area contributed by atoms with Gasteiger partial charge in [0.1, 0.15) is 29.7 Å². The lowest BCUT2D eigenvalue weighted by atomic mass is 10.2. The van der Waals surface area contributed by atoms with Gasteiger partial charge in [-0.25, -0.2) is 9.36 Å². The normalized spacial score (nSPS) is 11.2. The van der Waals surface area contributed by atoms with Crippen LogP contribution in [0.5, 0.6) is 5.75 Å². The molecule has 2 aromatic carbocycles. The molecule has 0 aliphatic heterocycles. The second-order valence-electron chi connectivity index (χ2n) is 6.92. The number of aromatic nitrogens is 1. The number of hydrogen-bond donors (Lipinski definition) is 0. The summed E-state index contributed by atoms with van der Waals surface area (Å²) in [5.74, 6) is 0.616. The molecule has 0 bridgehead atoms. The Morgan fingerprint density at radius 3 is 2.50 bits per heavy atom. The molecule has 0 spiro atoms. The SMILES string of the molecule is CC(C)(C)OC(=O)n1c(C#N)cc2c(OCc3ccccc3)cccc21. The van der Waals surface area contributed by atoms with Gasteiger partial charge < -0.3 is 9.47 Å². The van der Waals surface area contributed by atoms with Gasteiger partial charge in [-0.2, -0.15) is 5.26 Å². The quantitative estimate of drug-likeness (QED) is 0.677. The molecule has 0 fully saturated rings. The Balaban J connectivity index is 1.98. The summed E-state index contributed by atoms with van der Waals surface area (Å²) in [6.45, 7) is 5.77. The van der Waals surface area contributed by atoms with Crippen molar-refractivity contribution in [2.75, 3.05) is 0 Å². The van der Waals surface area contributed by atoms with Crippen LogP contribution in [0.1, 0.15) is 32.0 Å². The minimum Gasteiger partial charge on any atom is -0.488 e. The van der Waals surface area contributed by atoms with E-state index in [-0.39, 0.29) is 5.69 Å². The Morgan fingerprint density at radius 1 is 1.12 bits per heavy atom. The predicted molar refractivity (Wildman–Crippen MR) is 99.1 cm³/mol. The zero-order valence-electron chi connectivity index (χ0n) is 15.0. The molecule has 132 valence electrons. The average Bonchev–Trinajstić information content (AvgIpc) is 2.98. The lowest BCUT2D eigenvalue weighted by Gasteiger charge is -2.20. The Hall–Kier alpha value is -3.26. The van der Waals surface area contributed by atoms with E-state index in [2.05, 4.69) is 6.07 Å². The standard InChI is InChI=1S/C21H20N2O3/c1-21(2,3)26-20(24)23-16(13-22)12-17-18(23)10-7-11-19(17)25-14-15-8-5-4-6-9-15/h4-12H,14H2,1-3H3. The van der Waals surface area contributed by atoms with E-state index < -0.39 is 11.7 Å². The summed E-state index contributed by atoms with van der Waals surface area (Å²) < 4.78 is 12.6. The first kappa shape index (κ1) is 17.6. The first-order valence-electron chi connectivity index (χ1n) is 8.34. The second kappa shape index (κ2) is 6.93. The lowest BCUT2D eigenvalue weighted by molar-refractivity contribution is 0.0543. The van der Waals surface area contributed by atoms with E-state index in [1.54, 1.807) is 39.0 Å². The highest BCUT2D eigenvalue weighted by atomic mass is 16.6. The van der Waals surface area contributed by atoms with Gasteiger partial charge in [0.15, 0.2) is 0 Å². The van der Waals surface area contributed by atoms with Crippen molar-refractivity contribution < 1.29 is 14.3 Å². The number of hydrogen-bond acceptors (Lipinski definition) is 4. The van der Waals surface area contributed by atoms with E-state index in [0.29, 0.717) is 23.3 Å². The van der Waals surface area contributed by atoms with Crippen molar-refractivity contribution in [3.05, 3.63) is 65.9 Å². The van der Waals surface area contributed by atoms with Gasteiger partial charge in [-0.1, -0.05) is 36.4 Å². The molecule has 26 heavy (non-hydrogen) atoms. The molecule has 0 unspecified atom stereocenters. The van der Waals surface area contributed by atoms with E-state index in [1.165, 1.54) is 4.57 Å². The van der Waals surface area contributed by atoms with Gasteiger partial charge in [-0.05, 0) is 44.5 Å². The molecule has 1 aromatic heterocycles. The maximum absolute atomic E-state index is 12.6. The number of fused-ring (bicyclic) bond motifs is 1. The third-order valence-electron chi connectivity index (χ3n) is 3.73. The molecule has 0 amide bonds. The van der Waals surface area contributed by atoms with Crippen molar-refractivity contribution in [3.8, 4) is 11.8 Å². The van der Waals surface area contributed by atoms with Gasteiger partial charge in [0.25, 0.3) is 0 Å². The molecule has 0 saturated carbocycles. The van der Waals surface area contributed by atoms with Gasteiger partial charge in [-0.15, -0.1) is 0 Å². The maximum Gasteiger partial charge on any atom is 0.420 e. The van der Waals surface area contributed by atoms with Crippen LogP contribution in [0.25, 0.3) is 10.9 Å². The molecular weight excluding hydrogens is 328 g/mol. The fourth-order valence-corrected chi connectivity index (χ4v) is 2.65. The third-order valence-corrected chi connectivity index (χ3v) is 3.73. The fraction of sp³-hybridized carbons (Fsp3) is 0.238. The molecule has 3 aromatic rings. The number of nitrogens with zero attached hydrogens (tertiary/aromatic N) is 2. The molecule has 0 saturated heterocycles. The van der Waals surface area contributed by atoms with Gasteiger partial charge >= 0.3 is 6.09 Å². The second-order valence-corrected chi connectivity index (χ2v) is 6.92. The van der Waals surface area contributed by atoms with Crippen molar-refractivity contribution in [3.63, 3.8) is 0 Å². The van der Waals surface area contributed by atoms with E-state index in [0.717, 1.165) is 5.56 Å². The van der Waals surface area contributed by atoms with Crippen LogP contribution in [0.15, 0.2) is 54.6 Å². The smallest absolute Gasteiger partial charge is 0.420 e. The summed E-state index contributed by atoms with van der Waals surface area (Å²) in [5, 5.41) is 10.1. The number of nitriles is 1.